The van der Waals surface area contributed by atoms with Crippen molar-refractivity contribution in [1.29, 1.82) is 0 Å². The van der Waals surface area contributed by atoms with Crippen molar-refractivity contribution in [1.82, 2.24) is 4.31 Å². The zero-order valence-electron chi connectivity index (χ0n) is 11.2. The van der Waals surface area contributed by atoms with Crippen molar-refractivity contribution in [2.24, 2.45) is 0 Å². The monoisotopic (exact) mass is 400 g/mol. The maximum Gasteiger partial charge on any atom is 0.382 e. The van der Waals surface area contributed by atoms with Crippen LogP contribution in [0.3, 0.4) is 0 Å². The van der Waals surface area contributed by atoms with Crippen LogP contribution in [0.1, 0.15) is 24.8 Å². The molecular weight excluding hydrogens is 386 g/mol. The van der Waals surface area contributed by atoms with E-state index < -0.39 is 17.2 Å². The van der Waals surface area contributed by atoms with Crippen molar-refractivity contribution >= 4 is 17.2 Å². The summed E-state index contributed by atoms with van der Waals surface area (Å²) in [5.74, 6) is 3.84. The van der Waals surface area contributed by atoms with Crippen LogP contribution in [-0.4, -0.2) is 32.7 Å². The van der Waals surface area contributed by atoms with Gasteiger partial charge in [0.1, 0.15) is 5.75 Å². The smallest absolute Gasteiger partial charge is 0.382 e. The van der Waals surface area contributed by atoms with Gasteiger partial charge in [-0.1, -0.05) is 12.3 Å². The Labute approximate surface area is 142 Å². The molecular formula is C14H15AgNO4S. The standard InChI is InChI=1S/C14H15NO4S.Ag/c16-14(17)9-6-12-4-7-13(8-5-12)19-20(18)15-10-2-1-3-11-15;/h4-5,7-8H,1-3,10-11H2,(H,16,17);. The molecule has 1 fully saturated rings. The molecule has 1 aromatic carbocycles. The number of benzene rings is 1. The van der Waals surface area contributed by atoms with Gasteiger partial charge in [-0.3, -0.25) is 0 Å². The van der Waals surface area contributed by atoms with Crippen LogP contribution in [0.25, 0.3) is 0 Å². The first kappa shape index (κ1) is 18.0. The maximum absolute atomic E-state index is 12.0. The van der Waals surface area contributed by atoms with Crippen molar-refractivity contribution in [3.8, 4) is 17.6 Å². The molecule has 0 saturated carbocycles. The van der Waals surface area contributed by atoms with E-state index >= 15 is 0 Å². The van der Waals surface area contributed by atoms with E-state index in [1.165, 1.54) is 6.42 Å². The van der Waals surface area contributed by atoms with E-state index in [1.807, 2.05) is 10.2 Å². The number of rotatable bonds is 3. The van der Waals surface area contributed by atoms with Gasteiger partial charge in [-0.25, -0.2) is 4.79 Å². The summed E-state index contributed by atoms with van der Waals surface area (Å²) in [6.45, 7) is 1.57. The zero-order chi connectivity index (χ0) is 14.4. The normalized spacial score (nSPS) is 16.0. The van der Waals surface area contributed by atoms with Crippen LogP contribution < -0.4 is 4.18 Å². The Bertz CT molecular complexity index is 559. The summed E-state index contributed by atoms with van der Waals surface area (Å²) < 4.78 is 19.2. The Balaban J connectivity index is 0.00000220. The maximum atomic E-state index is 12.0. The Morgan fingerprint density at radius 3 is 2.38 bits per heavy atom. The molecule has 5 nitrogen and oxygen atoms in total. The summed E-state index contributed by atoms with van der Waals surface area (Å²) in [7, 11) is 0. The molecule has 0 aromatic heterocycles. The van der Waals surface area contributed by atoms with Crippen LogP contribution in [0.4, 0.5) is 0 Å². The number of aliphatic carboxylic acids is 1. The minimum atomic E-state index is -1.47. The van der Waals surface area contributed by atoms with Crippen molar-refractivity contribution in [2.75, 3.05) is 13.1 Å². The van der Waals surface area contributed by atoms with Crippen molar-refractivity contribution in [3.05, 3.63) is 29.8 Å². The average molecular weight is 401 g/mol. The first-order valence-corrected chi connectivity index (χ1v) is 7.38. The molecule has 0 amide bonds. The molecule has 1 atom stereocenters. The number of hydrogen-bond donors (Lipinski definition) is 1. The number of hydrogen-bond acceptors (Lipinski definition) is 3. The van der Waals surface area contributed by atoms with Crippen LogP contribution in [0.2, 0.25) is 0 Å². The van der Waals surface area contributed by atoms with E-state index in [9.17, 15) is 9.00 Å². The van der Waals surface area contributed by atoms with Crippen LogP contribution >= 0.6 is 0 Å². The number of carboxylic acid groups (broad SMARTS) is 1. The summed E-state index contributed by atoms with van der Waals surface area (Å²) in [6.07, 6.45) is 3.25. The molecule has 1 radical (unpaired) electrons. The van der Waals surface area contributed by atoms with Crippen LogP contribution in [0.5, 0.6) is 5.75 Å². The van der Waals surface area contributed by atoms with Gasteiger partial charge in [0.05, 0.1) is 0 Å². The Morgan fingerprint density at radius 2 is 1.81 bits per heavy atom. The molecule has 0 spiro atoms. The van der Waals surface area contributed by atoms with E-state index in [2.05, 4.69) is 5.92 Å². The SMILES string of the molecule is O=C(O)C#Cc1ccc(OS(=O)N2CCCCC2)cc1.[Ag]. The van der Waals surface area contributed by atoms with Crippen LogP contribution in [0.15, 0.2) is 24.3 Å². The second-order valence-corrected chi connectivity index (χ2v) is 5.49. The predicted octanol–water partition coefficient (Wildman–Crippen LogP) is 1.56. The fourth-order valence-electron chi connectivity index (χ4n) is 1.87. The van der Waals surface area contributed by atoms with E-state index in [4.69, 9.17) is 9.29 Å². The van der Waals surface area contributed by atoms with Gasteiger partial charge in [0.2, 0.25) is 0 Å². The Hall–Kier alpha value is -1.10. The number of carboxylic acids is 1. The van der Waals surface area contributed by atoms with Gasteiger partial charge in [0.25, 0.3) is 11.3 Å². The molecule has 0 aliphatic carbocycles. The summed E-state index contributed by atoms with van der Waals surface area (Å²) in [4.78, 5) is 10.3. The molecule has 1 aromatic rings. The number of carbonyl (C=O) groups is 1. The second kappa shape index (κ2) is 9.03. The van der Waals surface area contributed by atoms with Gasteiger partial charge in [-0.05, 0) is 37.1 Å². The van der Waals surface area contributed by atoms with Gasteiger partial charge in [0, 0.05) is 47.0 Å². The van der Waals surface area contributed by atoms with Crippen LogP contribution in [-0.2, 0) is 38.4 Å². The molecule has 1 heterocycles. The van der Waals surface area contributed by atoms with Crippen molar-refractivity contribution < 1.29 is 40.7 Å². The minimum absolute atomic E-state index is 0. The molecule has 1 saturated heterocycles. The van der Waals surface area contributed by atoms with E-state index in [1.54, 1.807) is 24.3 Å². The van der Waals surface area contributed by atoms with Gasteiger partial charge >= 0.3 is 5.97 Å². The largest absolute Gasteiger partial charge is 0.472 e. The summed E-state index contributed by atoms with van der Waals surface area (Å²) in [5.41, 5.74) is 0.573. The number of nitrogens with zero attached hydrogens (tertiary/aromatic N) is 1. The molecule has 1 N–H and O–H groups in total. The quantitative estimate of drug-likeness (QED) is 0.617. The number of piperidine rings is 1. The molecule has 1 aliphatic rings. The third-order valence-corrected chi connectivity index (χ3v) is 3.98. The summed E-state index contributed by atoms with van der Waals surface area (Å²) in [6, 6.07) is 6.54. The molecule has 117 valence electrons. The van der Waals surface area contributed by atoms with Crippen molar-refractivity contribution in [3.63, 3.8) is 0 Å². The van der Waals surface area contributed by atoms with Crippen molar-refractivity contribution in [2.45, 2.75) is 19.3 Å². The van der Waals surface area contributed by atoms with E-state index in [0.29, 0.717) is 11.3 Å². The molecule has 1 aliphatic heterocycles. The van der Waals surface area contributed by atoms with Gasteiger partial charge in [-0.2, -0.15) is 8.51 Å². The van der Waals surface area contributed by atoms with Gasteiger partial charge in [-0.15, -0.1) is 0 Å². The second-order valence-electron chi connectivity index (χ2n) is 4.37. The van der Waals surface area contributed by atoms with Gasteiger partial charge in [0.15, 0.2) is 0 Å². The fourth-order valence-corrected chi connectivity index (χ4v) is 2.81. The third-order valence-electron chi connectivity index (χ3n) is 2.86. The van der Waals surface area contributed by atoms with Crippen LogP contribution in [0, 0.1) is 11.8 Å². The summed E-state index contributed by atoms with van der Waals surface area (Å²) in [5, 5.41) is 8.45. The molecule has 2 rings (SSSR count). The van der Waals surface area contributed by atoms with Gasteiger partial charge < -0.3 is 9.29 Å². The first-order valence-electron chi connectivity index (χ1n) is 6.35. The fraction of sp³-hybridized carbons (Fsp3) is 0.357. The minimum Gasteiger partial charge on any atom is -0.472 e. The van der Waals surface area contributed by atoms with E-state index in [-0.39, 0.29) is 22.4 Å². The average Bonchev–Trinajstić information content (AvgIpc) is 2.47. The first-order chi connectivity index (χ1) is 9.65. The summed E-state index contributed by atoms with van der Waals surface area (Å²) >= 11 is -1.47. The molecule has 0 bridgehead atoms. The topological polar surface area (TPSA) is 66.8 Å². The Kier molecular flexibility index (Phi) is 7.72. The zero-order valence-corrected chi connectivity index (χ0v) is 13.5. The Morgan fingerprint density at radius 1 is 1.19 bits per heavy atom. The molecule has 1 unspecified atom stereocenters. The molecule has 7 heteroatoms. The third kappa shape index (κ3) is 6.04. The predicted molar refractivity (Wildman–Crippen MR) is 75.2 cm³/mol. The molecule has 21 heavy (non-hydrogen) atoms. The van der Waals surface area contributed by atoms with E-state index in [0.717, 1.165) is 25.9 Å².